The van der Waals surface area contributed by atoms with E-state index in [1.165, 1.54) is 17.5 Å². The summed E-state index contributed by atoms with van der Waals surface area (Å²) in [5.41, 5.74) is 2.47. The lowest BCUT2D eigenvalue weighted by Gasteiger charge is -2.13. The molecule has 2 rings (SSSR count). The molecular weight excluding hydrogens is 164 g/mol. The van der Waals surface area contributed by atoms with E-state index in [-0.39, 0.29) is 0 Å². The molecule has 0 aliphatic carbocycles. The normalized spacial score (nSPS) is 16.7. The van der Waals surface area contributed by atoms with Gasteiger partial charge in [-0.3, -0.25) is 0 Å². The molecule has 1 aliphatic heterocycles. The SMILES string of the molecule is Cc1ccc2c(c1)OOCCCC2. The standard InChI is InChI=1S/C11H14O2/c1-9-5-6-10-4-2-3-7-12-13-11(10)8-9/h5-6,8H,2-4,7H2,1H3. The summed E-state index contributed by atoms with van der Waals surface area (Å²) in [6.07, 6.45) is 3.35. The Labute approximate surface area is 78.4 Å². The van der Waals surface area contributed by atoms with Gasteiger partial charge >= 0.3 is 0 Å². The summed E-state index contributed by atoms with van der Waals surface area (Å²) in [7, 11) is 0. The fourth-order valence-corrected chi connectivity index (χ4v) is 1.53. The van der Waals surface area contributed by atoms with E-state index in [2.05, 4.69) is 19.1 Å². The monoisotopic (exact) mass is 178 g/mol. The van der Waals surface area contributed by atoms with Crippen molar-refractivity contribution < 1.29 is 9.78 Å². The number of hydrogen-bond donors (Lipinski definition) is 0. The van der Waals surface area contributed by atoms with Gasteiger partial charge in [-0.1, -0.05) is 12.1 Å². The van der Waals surface area contributed by atoms with Gasteiger partial charge in [0.05, 0.1) is 6.61 Å². The van der Waals surface area contributed by atoms with Crippen LogP contribution in [0, 0.1) is 6.92 Å². The molecule has 0 radical (unpaired) electrons. The number of fused-ring (bicyclic) bond motifs is 1. The van der Waals surface area contributed by atoms with Gasteiger partial charge in [-0.2, -0.15) is 4.89 Å². The molecule has 2 nitrogen and oxygen atoms in total. The van der Waals surface area contributed by atoms with Gasteiger partial charge < -0.3 is 4.89 Å². The van der Waals surface area contributed by atoms with Crippen LogP contribution in [-0.4, -0.2) is 6.61 Å². The number of hydrogen-bond acceptors (Lipinski definition) is 2. The third-order valence-electron chi connectivity index (χ3n) is 2.30. The van der Waals surface area contributed by atoms with Crippen LogP contribution in [-0.2, 0) is 11.3 Å². The molecule has 0 spiro atoms. The van der Waals surface area contributed by atoms with Crippen LogP contribution in [0.3, 0.4) is 0 Å². The molecule has 0 unspecified atom stereocenters. The molecule has 0 amide bonds. The second-order valence-corrected chi connectivity index (χ2v) is 3.47. The Bertz CT molecular complexity index is 294. The molecule has 0 N–H and O–H groups in total. The lowest BCUT2D eigenvalue weighted by atomic mass is 10.1. The summed E-state index contributed by atoms with van der Waals surface area (Å²) >= 11 is 0. The molecule has 0 fully saturated rings. The molecule has 0 aromatic heterocycles. The zero-order valence-electron chi connectivity index (χ0n) is 7.88. The first-order chi connectivity index (χ1) is 6.36. The number of aryl methyl sites for hydroxylation is 2. The van der Waals surface area contributed by atoms with E-state index in [9.17, 15) is 0 Å². The van der Waals surface area contributed by atoms with Gasteiger partial charge in [0.1, 0.15) is 0 Å². The summed E-state index contributed by atoms with van der Waals surface area (Å²) in [5, 5.41) is 0. The second kappa shape index (κ2) is 3.79. The minimum atomic E-state index is 0.702. The van der Waals surface area contributed by atoms with Gasteiger partial charge in [0, 0.05) is 0 Å². The van der Waals surface area contributed by atoms with Crippen LogP contribution in [0.25, 0.3) is 0 Å². The molecule has 1 aromatic rings. The Morgan fingerprint density at radius 3 is 3.08 bits per heavy atom. The minimum absolute atomic E-state index is 0.702. The summed E-state index contributed by atoms with van der Waals surface area (Å²) < 4.78 is 0. The largest absolute Gasteiger partial charge is 0.337 e. The summed E-state index contributed by atoms with van der Waals surface area (Å²) in [6, 6.07) is 6.27. The molecule has 1 heterocycles. The van der Waals surface area contributed by atoms with Crippen molar-refractivity contribution in [2.45, 2.75) is 26.2 Å². The Balaban J connectivity index is 2.28. The van der Waals surface area contributed by atoms with Gasteiger partial charge in [-0.05, 0) is 43.4 Å². The van der Waals surface area contributed by atoms with Crippen LogP contribution in [0.4, 0.5) is 0 Å². The highest BCUT2D eigenvalue weighted by atomic mass is 17.2. The maximum atomic E-state index is 5.21. The van der Waals surface area contributed by atoms with E-state index in [1.807, 2.05) is 6.07 Å². The minimum Gasteiger partial charge on any atom is -0.337 e. The maximum Gasteiger partial charge on any atom is 0.168 e. The van der Waals surface area contributed by atoms with Gasteiger partial charge in [-0.25, -0.2) is 0 Å². The van der Waals surface area contributed by atoms with Crippen molar-refractivity contribution in [2.24, 2.45) is 0 Å². The predicted octanol–water partition coefficient (Wildman–Crippen LogP) is 2.64. The highest BCUT2D eigenvalue weighted by molar-refractivity contribution is 5.36. The number of benzene rings is 1. The first-order valence-corrected chi connectivity index (χ1v) is 4.75. The van der Waals surface area contributed by atoms with Gasteiger partial charge in [-0.15, -0.1) is 0 Å². The fraction of sp³-hybridized carbons (Fsp3) is 0.455. The van der Waals surface area contributed by atoms with Crippen LogP contribution in [0.15, 0.2) is 18.2 Å². The molecule has 1 aliphatic rings. The first kappa shape index (κ1) is 8.57. The number of rotatable bonds is 0. The van der Waals surface area contributed by atoms with Crippen molar-refractivity contribution in [3.05, 3.63) is 29.3 Å². The average Bonchev–Trinajstić information content (AvgIpc) is 2.08. The lowest BCUT2D eigenvalue weighted by molar-refractivity contribution is -0.209. The average molecular weight is 178 g/mol. The van der Waals surface area contributed by atoms with E-state index in [4.69, 9.17) is 9.78 Å². The van der Waals surface area contributed by atoms with Crippen LogP contribution < -0.4 is 4.89 Å². The van der Waals surface area contributed by atoms with Crippen molar-refractivity contribution >= 4 is 0 Å². The second-order valence-electron chi connectivity index (χ2n) is 3.47. The highest BCUT2D eigenvalue weighted by Crippen LogP contribution is 2.24. The van der Waals surface area contributed by atoms with Crippen LogP contribution in [0.1, 0.15) is 24.0 Å². The topological polar surface area (TPSA) is 18.5 Å². The van der Waals surface area contributed by atoms with Crippen LogP contribution in [0.2, 0.25) is 0 Å². The smallest absolute Gasteiger partial charge is 0.168 e. The molecule has 0 atom stereocenters. The van der Waals surface area contributed by atoms with E-state index >= 15 is 0 Å². The van der Waals surface area contributed by atoms with Gasteiger partial charge in [0.25, 0.3) is 0 Å². The summed E-state index contributed by atoms with van der Waals surface area (Å²) in [4.78, 5) is 10.3. The molecule has 0 bridgehead atoms. The van der Waals surface area contributed by atoms with Crippen molar-refractivity contribution in [1.29, 1.82) is 0 Å². The Morgan fingerprint density at radius 1 is 1.23 bits per heavy atom. The summed E-state index contributed by atoms with van der Waals surface area (Å²) in [6.45, 7) is 2.76. The summed E-state index contributed by atoms with van der Waals surface area (Å²) in [5.74, 6) is 0.889. The van der Waals surface area contributed by atoms with Crippen LogP contribution in [0.5, 0.6) is 5.75 Å². The van der Waals surface area contributed by atoms with E-state index in [1.54, 1.807) is 0 Å². The quantitative estimate of drug-likeness (QED) is 0.568. The Morgan fingerprint density at radius 2 is 2.15 bits per heavy atom. The first-order valence-electron chi connectivity index (χ1n) is 4.75. The highest BCUT2D eigenvalue weighted by Gasteiger charge is 2.08. The van der Waals surface area contributed by atoms with Crippen LogP contribution >= 0.6 is 0 Å². The molecule has 0 saturated heterocycles. The molecule has 70 valence electrons. The zero-order chi connectivity index (χ0) is 9.10. The van der Waals surface area contributed by atoms with Crippen molar-refractivity contribution in [1.82, 2.24) is 0 Å². The molecule has 2 heteroatoms. The molecule has 13 heavy (non-hydrogen) atoms. The third kappa shape index (κ3) is 2.01. The van der Waals surface area contributed by atoms with Gasteiger partial charge in [0.15, 0.2) is 5.75 Å². The lowest BCUT2D eigenvalue weighted by Crippen LogP contribution is -2.06. The molecule has 1 aromatic carbocycles. The van der Waals surface area contributed by atoms with Crippen molar-refractivity contribution in [2.75, 3.05) is 6.61 Å². The zero-order valence-corrected chi connectivity index (χ0v) is 7.88. The Kier molecular flexibility index (Phi) is 2.50. The molecular formula is C11H14O2. The van der Waals surface area contributed by atoms with Crippen molar-refractivity contribution in [3.8, 4) is 5.75 Å². The van der Waals surface area contributed by atoms with E-state index in [0.29, 0.717) is 6.61 Å². The molecule has 0 saturated carbocycles. The fourth-order valence-electron chi connectivity index (χ4n) is 1.53. The third-order valence-corrected chi connectivity index (χ3v) is 2.30. The Hall–Kier alpha value is -1.02. The van der Waals surface area contributed by atoms with E-state index in [0.717, 1.165) is 18.6 Å². The van der Waals surface area contributed by atoms with E-state index < -0.39 is 0 Å². The maximum absolute atomic E-state index is 5.21. The predicted molar refractivity (Wildman–Crippen MR) is 50.7 cm³/mol. The van der Waals surface area contributed by atoms with Gasteiger partial charge in [0.2, 0.25) is 0 Å². The van der Waals surface area contributed by atoms with Crippen molar-refractivity contribution in [3.63, 3.8) is 0 Å².